The molecule has 1 aliphatic rings. The molecule has 0 unspecified atom stereocenters. The lowest BCUT2D eigenvalue weighted by molar-refractivity contribution is 0.276. The third-order valence-corrected chi connectivity index (χ3v) is 3.32. The Labute approximate surface area is 108 Å². The van der Waals surface area contributed by atoms with E-state index in [1.54, 1.807) is 6.07 Å². The molecule has 0 amide bonds. The predicted octanol–water partition coefficient (Wildman–Crippen LogP) is 1.26. The van der Waals surface area contributed by atoms with E-state index in [9.17, 15) is 0 Å². The zero-order chi connectivity index (χ0) is 12.6. The summed E-state index contributed by atoms with van der Waals surface area (Å²) in [5, 5.41) is 12.3. The van der Waals surface area contributed by atoms with Crippen LogP contribution in [-0.2, 0) is 6.61 Å². The zero-order valence-electron chi connectivity index (χ0n) is 10.8. The van der Waals surface area contributed by atoms with Crippen molar-refractivity contribution >= 4 is 5.82 Å². The molecule has 0 aliphatic carbocycles. The van der Waals surface area contributed by atoms with Crippen molar-refractivity contribution in [2.24, 2.45) is 0 Å². The van der Waals surface area contributed by atoms with Gasteiger partial charge in [-0.25, -0.2) is 9.97 Å². The second-order valence-corrected chi connectivity index (χ2v) is 4.74. The summed E-state index contributed by atoms with van der Waals surface area (Å²) in [5.41, 5.74) is 0.655. The number of likely N-dealkylation sites (tertiary alicyclic amines) is 1. The molecule has 1 fully saturated rings. The van der Waals surface area contributed by atoms with Crippen LogP contribution in [0.3, 0.4) is 0 Å². The zero-order valence-corrected chi connectivity index (χ0v) is 10.8. The van der Waals surface area contributed by atoms with Gasteiger partial charge < -0.3 is 15.3 Å². The van der Waals surface area contributed by atoms with Gasteiger partial charge in [0.05, 0.1) is 12.3 Å². The monoisotopic (exact) mass is 250 g/mol. The van der Waals surface area contributed by atoms with Gasteiger partial charge in [-0.05, 0) is 25.9 Å². The molecule has 2 heterocycles. The SMILES string of the molecule is OCc1cc(NCCN2CCCCCC2)ncn1. The van der Waals surface area contributed by atoms with Gasteiger partial charge in [-0.3, -0.25) is 0 Å². The summed E-state index contributed by atoms with van der Waals surface area (Å²) in [4.78, 5) is 10.6. The molecule has 1 aliphatic heterocycles. The summed E-state index contributed by atoms with van der Waals surface area (Å²) < 4.78 is 0. The van der Waals surface area contributed by atoms with E-state index in [0.29, 0.717) is 5.69 Å². The molecule has 2 rings (SSSR count). The van der Waals surface area contributed by atoms with E-state index >= 15 is 0 Å². The number of hydrogen-bond acceptors (Lipinski definition) is 5. The van der Waals surface area contributed by atoms with E-state index in [1.807, 2.05) is 0 Å². The number of nitrogens with zero attached hydrogens (tertiary/aromatic N) is 3. The molecule has 0 atom stereocenters. The first kappa shape index (κ1) is 13.2. The molecule has 18 heavy (non-hydrogen) atoms. The first-order valence-corrected chi connectivity index (χ1v) is 6.76. The van der Waals surface area contributed by atoms with Gasteiger partial charge in [0.1, 0.15) is 12.1 Å². The standard InChI is InChI=1S/C13H22N4O/c18-10-12-9-13(16-11-15-12)14-5-8-17-6-3-1-2-4-7-17/h9,11,18H,1-8,10H2,(H,14,15,16). The second kappa shape index (κ2) is 7.28. The molecule has 1 aromatic rings. The Hall–Kier alpha value is -1.20. The van der Waals surface area contributed by atoms with Gasteiger partial charge in [0.15, 0.2) is 0 Å². The van der Waals surface area contributed by atoms with Crippen LogP contribution in [0.2, 0.25) is 0 Å². The van der Waals surface area contributed by atoms with Crippen molar-refractivity contribution in [1.82, 2.24) is 14.9 Å². The maximum atomic E-state index is 9.00. The van der Waals surface area contributed by atoms with Crippen LogP contribution in [0.1, 0.15) is 31.4 Å². The van der Waals surface area contributed by atoms with Crippen LogP contribution < -0.4 is 5.32 Å². The number of aromatic nitrogens is 2. The van der Waals surface area contributed by atoms with Gasteiger partial charge in [0, 0.05) is 19.2 Å². The van der Waals surface area contributed by atoms with Gasteiger partial charge in [0.25, 0.3) is 0 Å². The van der Waals surface area contributed by atoms with E-state index in [-0.39, 0.29) is 6.61 Å². The maximum Gasteiger partial charge on any atom is 0.129 e. The molecular formula is C13H22N4O. The fourth-order valence-corrected chi connectivity index (χ4v) is 2.28. The first-order valence-electron chi connectivity index (χ1n) is 6.76. The summed E-state index contributed by atoms with van der Waals surface area (Å²) in [6, 6.07) is 1.79. The minimum atomic E-state index is -0.0384. The molecule has 100 valence electrons. The van der Waals surface area contributed by atoms with Crippen LogP contribution in [0.4, 0.5) is 5.82 Å². The predicted molar refractivity (Wildman–Crippen MR) is 71.4 cm³/mol. The number of nitrogens with one attached hydrogen (secondary N) is 1. The lowest BCUT2D eigenvalue weighted by Gasteiger charge is -2.19. The van der Waals surface area contributed by atoms with Crippen molar-refractivity contribution in [3.05, 3.63) is 18.1 Å². The fraction of sp³-hybridized carbons (Fsp3) is 0.692. The van der Waals surface area contributed by atoms with Crippen molar-refractivity contribution < 1.29 is 5.11 Å². The lowest BCUT2D eigenvalue weighted by atomic mass is 10.2. The van der Waals surface area contributed by atoms with Crippen LogP contribution in [0.15, 0.2) is 12.4 Å². The van der Waals surface area contributed by atoms with Crippen LogP contribution in [0.25, 0.3) is 0 Å². The Balaban J connectivity index is 1.73. The molecule has 1 aromatic heterocycles. The van der Waals surface area contributed by atoms with Crippen molar-refractivity contribution in [3.63, 3.8) is 0 Å². The highest BCUT2D eigenvalue weighted by Gasteiger charge is 2.08. The summed E-state index contributed by atoms with van der Waals surface area (Å²) in [6.07, 6.45) is 6.87. The summed E-state index contributed by atoms with van der Waals surface area (Å²) in [6.45, 7) is 4.34. The molecule has 0 radical (unpaired) electrons. The Morgan fingerprint density at radius 3 is 2.67 bits per heavy atom. The number of anilines is 1. The molecule has 5 nitrogen and oxygen atoms in total. The van der Waals surface area contributed by atoms with E-state index in [4.69, 9.17) is 5.11 Å². The molecule has 0 aromatic carbocycles. The molecule has 1 saturated heterocycles. The summed E-state index contributed by atoms with van der Waals surface area (Å²) in [7, 11) is 0. The smallest absolute Gasteiger partial charge is 0.129 e. The number of aliphatic hydroxyl groups is 1. The minimum Gasteiger partial charge on any atom is -0.390 e. The van der Waals surface area contributed by atoms with Gasteiger partial charge in [-0.15, -0.1) is 0 Å². The van der Waals surface area contributed by atoms with Gasteiger partial charge in [-0.2, -0.15) is 0 Å². The normalized spacial score (nSPS) is 17.4. The second-order valence-electron chi connectivity index (χ2n) is 4.74. The highest BCUT2D eigenvalue weighted by Crippen LogP contribution is 2.09. The first-order chi connectivity index (χ1) is 8.88. The van der Waals surface area contributed by atoms with Crippen molar-refractivity contribution in [2.45, 2.75) is 32.3 Å². The van der Waals surface area contributed by atoms with E-state index < -0.39 is 0 Å². The lowest BCUT2D eigenvalue weighted by Crippen LogP contribution is -2.30. The van der Waals surface area contributed by atoms with E-state index in [1.165, 1.54) is 45.1 Å². The molecule has 0 spiro atoms. The topological polar surface area (TPSA) is 61.3 Å². The van der Waals surface area contributed by atoms with Crippen LogP contribution in [-0.4, -0.2) is 46.2 Å². The third kappa shape index (κ3) is 4.23. The molecular weight excluding hydrogens is 228 g/mol. The van der Waals surface area contributed by atoms with Gasteiger partial charge in [0.2, 0.25) is 0 Å². The van der Waals surface area contributed by atoms with Gasteiger partial charge >= 0.3 is 0 Å². The Morgan fingerprint density at radius 2 is 1.94 bits per heavy atom. The maximum absolute atomic E-state index is 9.00. The van der Waals surface area contributed by atoms with Crippen LogP contribution in [0.5, 0.6) is 0 Å². The summed E-state index contributed by atoms with van der Waals surface area (Å²) in [5.74, 6) is 0.795. The van der Waals surface area contributed by atoms with Crippen molar-refractivity contribution in [3.8, 4) is 0 Å². The molecule has 5 heteroatoms. The van der Waals surface area contributed by atoms with E-state index in [0.717, 1.165) is 18.9 Å². The van der Waals surface area contributed by atoms with Gasteiger partial charge in [-0.1, -0.05) is 12.8 Å². The quantitative estimate of drug-likeness (QED) is 0.823. The molecule has 0 bridgehead atoms. The fourth-order valence-electron chi connectivity index (χ4n) is 2.28. The Kier molecular flexibility index (Phi) is 5.36. The molecule has 2 N–H and O–H groups in total. The average Bonchev–Trinajstić information content (AvgIpc) is 2.68. The third-order valence-electron chi connectivity index (χ3n) is 3.32. The van der Waals surface area contributed by atoms with E-state index in [2.05, 4.69) is 20.2 Å². The van der Waals surface area contributed by atoms with Crippen LogP contribution >= 0.6 is 0 Å². The van der Waals surface area contributed by atoms with Crippen molar-refractivity contribution in [1.29, 1.82) is 0 Å². The van der Waals surface area contributed by atoms with Crippen LogP contribution in [0, 0.1) is 0 Å². The Bertz CT molecular complexity index is 351. The highest BCUT2D eigenvalue weighted by molar-refractivity contribution is 5.34. The highest BCUT2D eigenvalue weighted by atomic mass is 16.3. The number of hydrogen-bond donors (Lipinski definition) is 2. The molecule has 0 saturated carbocycles. The largest absolute Gasteiger partial charge is 0.390 e. The Morgan fingerprint density at radius 1 is 1.17 bits per heavy atom. The minimum absolute atomic E-state index is 0.0384. The number of rotatable bonds is 5. The average molecular weight is 250 g/mol. The number of aliphatic hydroxyl groups excluding tert-OH is 1. The summed E-state index contributed by atoms with van der Waals surface area (Å²) >= 11 is 0. The van der Waals surface area contributed by atoms with Crippen molar-refractivity contribution in [2.75, 3.05) is 31.5 Å².